The van der Waals surface area contributed by atoms with E-state index in [1.807, 2.05) is 32.0 Å². The van der Waals surface area contributed by atoms with Crippen LogP contribution in [-0.4, -0.2) is 49.2 Å². The van der Waals surface area contributed by atoms with Crippen molar-refractivity contribution in [3.63, 3.8) is 0 Å². The smallest absolute Gasteiger partial charge is 0.341 e. The number of hydrogen-bond donors (Lipinski definition) is 1. The highest BCUT2D eigenvalue weighted by molar-refractivity contribution is 7.16. The molecule has 1 atom stereocenters. The van der Waals surface area contributed by atoms with Gasteiger partial charge in [-0.15, -0.1) is 11.3 Å². The van der Waals surface area contributed by atoms with Crippen molar-refractivity contribution in [3.05, 3.63) is 51.9 Å². The Bertz CT molecular complexity index is 850. The second kappa shape index (κ2) is 10.0. The molecule has 1 aromatic heterocycles. The fourth-order valence-corrected chi connectivity index (χ4v) is 4.50. The van der Waals surface area contributed by atoms with Crippen LogP contribution >= 0.6 is 11.3 Å². The molecule has 29 heavy (non-hydrogen) atoms. The van der Waals surface area contributed by atoms with Gasteiger partial charge in [0.2, 0.25) is 5.91 Å². The number of benzene rings is 1. The summed E-state index contributed by atoms with van der Waals surface area (Å²) in [5.41, 5.74) is 2.56. The molecule has 1 amide bonds. The van der Waals surface area contributed by atoms with Crippen LogP contribution < -0.4 is 5.32 Å². The molecular formula is C22H28N2O4S. The first-order chi connectivity index (χ1) is 14.0. The highest BCUT2D eigenvalue weighted by Crippen LogP contribution is 2.33. The number of carbonyl (C=O) groups excluding carboxylic acids is 2. The Labute approximate surface area is 175 Å². The summed E-state index contributed by atoms with van der Waals surface area (Å²) in [5.74, 6) is -0.545. The van der Waals surface area contributed by atoms with Crippen molar-refractivity contribution in [2.45, 2.75) is 39.8 Å². The van der Waals surface area contributed by atoms with Gasteiger partial charge in [-0.05, 0) is 31.9 Å². The molecule has 1 aliphatic rings. The molecule has 7 heteroatoms. The Hall–Kier alpha value is -2.22. The van der Waals surface area contributed by atoms with Crippen LogP contribution in [0, 0.1) is 13.8 Å². The summed E-state index contributed by atoms with van der Waals surface area (Å²) in [6.07, 6.45) is 0.0875. The molecule has 1 aliphatic heterocycles. The molecule has 2 heterocycles. The summed E-state index contributed by atoms with van der Waals surface area (Å²) in [7, 11) is 0. The number of carbonyl (C=O) groups is 2. The first kappa shape index (κ1) is 21.5. The van der Waals surface area contributed by atoms with Crippen LogP contribution in [0.4, 0.5) is 5.00 Å². The van der Waals surface area contributed by atoms with Gasteiger partial charge < -0.3 is 14.8 Å². The van der Waals surface area contributed by atoms with E-state index in [2.05, 4.69) is 22.3 Å². The number of ether oxygens (including phenoxy) is 2. The molecule has 0 saturated carbocycles. The number of nitrogens with zero attached hydrogens (tertiary/aromatic N) is 1. The summed E-state index contributed by atoms with van der Waals surface area (Å²) in [6.45, 7) is 8.89. The van der Waals surface area contributed by atoms with Crippen LogP contribution in [0.5, 0.6) is 0 Å². The fourth-order valence-electron chi connectivity index (χ4n) is 3.44. The third-order valence-corrected chi connectivity index (χ3v) is 6.13. The van der Waals surface area contributed by atoms with E-state index in [4.69, 9.17) is 9.47 Å². The minimum atomic E-state index is -0.396. The molecule has 156 valence electrons. The van der Waals surface area contributed by atoms with E-state index in [0.29, 0.717) is 30.3 Å². The first-order valence-electron chi connectivity index (χ1n) is 9.92. The zero-order valence-electron chi connectivity index (χ0n) is 17.2. The molecular weight excluding hydrogens is 388 g/mol. The minimum Gasteiger partial charge on any atom is -0.462 e. The average Bonchev–Trinajstić information content (AvgIpc) is 2.96. The van der Waals surface area contributed by atoms with Crippen LogP contribution in [0.25, 0.3) is 0 Å². The molecule has 0 aliphatic carbocycles. The fraction of sp³-hybridized carbons (Fsp3) is 0.455. The maximum absolute atomic E-state index is 12.6. The Kier molecular flexibility index (Phi) is 7.41. The topological polar surface area (TPSA) is 67.9 Å². The number of anilines is 1. The van der Waals surface area contributed by atoms with E-state index >= 15 is 0 Å². The Morgan fingerprint density at radius 2 is 2.03 bits per heavy atom. The van der Waals surface area contributed by atoms with Crippen LogP contribution in [0.3, 0.4) is 0 Å². The summed E-state index contributed by atoms with van der Waals surface area (Å²) in [5, 5.41) is 3.46. The first-order valence-corrected chi connectivity index (χ1v) is 10.7. The van der Waals surface area contributed by atoms with Crippen LogP contribution in [0.15, 0.2) is 30.3 Å². The molecule has 1 unspecified atom stereocenters. The van der Waals surface area contributed by atoms with Gasteiger partial charge in [0.25, 0.3) is 0 Å². The Balaban J connectivity index is 1.59. The molecule has 1 saturated heterocycles. The third-order valence-electron chi connectivity index (χ3n) is 5.00. The number of thiophene rings is 1. The van der Waals surface area contributed by atoms with Gasteiger partial charge in [-0.25, -0.2) is 4.79 Å². The van der Waals surface area contributed by atoms with Gasteiger partial charge in [0.05, 0.1) is 31.3 Å². The maximum atomic E-state index is 12.6. The molecule has 0 bridgehead atoms. The SMILES string of the molecule is CCOC(=O)c1c(NC(=O)CC2CN(Cc3ccccc3)CCO2)sc(C)c1C. The molecule has 1 fully saturated rings. The maximum Gasteiger partial charge on any atom is 0.341 e. The van der Waals surface area contributed by atoms with Crippen LogP contribution in [-0.2, 0) is 20.8 Å². The molecule has 3 rings (SSSR count). The lowest BCUT2D eigenvalue weighted by Gasteiger charge is -2.32. The number of amides is 1. The van der Waals surface area contributed by atoms with Gasteiger partial charge in [0, 0.05) is 24.5 Å². The number of esters is 1. The van der Waals surface area contributed by atoms with Crippen molar-refractivity contribution in [2.24, 2.45) is 0 Å². The number of nitrogens with one attached hydrogen (secondary N) is 1. The largest absolute Gasteiger partial charge is 0.462 e. The standard InChI is InChI=1S/C22H28N2O4S/c1-4-27-22(26)20-15(2)16(3)29-21(20)23-19(25)12-18-14-24(10-11-28-18)13-17-8-6-5-7-9-17/h5-9,18H,4,10-14H2,1-3H3,(H,23,25). The lowest BCUT2D eigenvalue weighted by molar-refractivity contribution is -0.121. The van der Waals surface area contributed by atoms with Crippen molar-refractivity contribution in [2.75, 3.05) is 31.6 Å². The molecule has 0 spiro atoms. The monoisotopic (exact) mass is 416 g/mol. The quantitative estimate of drug-likeness (QED) is 0.696. The van der Waals surface area contributed by atoms with Crippen LogP contribution in [0.1, 0.15) is 39.7 Å². The van der Waals surface area contributed by atoms with Crippen molar-refractivity contribution in [3.8, 4) is 0 Å². The predicted octanol–water partition coefficient (Wildman–Crippen LogP) is 3.77. The number of aryl methyl sites for hydroxylation is 1. The number of morpholine rings is 1. The normalized spacial score (nSPS) is 17.1. The minimum absolute atomic E-state index is 0.150. The molecule has 2 aromatic rings. The van der Waals surface area contributed by atoms with Crippen molar-refractivity contribution < 1.29 is 19.1 Å². The van der Waals surface area contributed by atoms with E-state index in [-0.39, 0.29) is 18.4 Å². The van der Waals surface area contributed by atoms with Gasteiger partial charge in [-0.2, -0.15) is 0 Å². The van der Waals surface area contributed by atoms with E-state index in [1.54, 1.807) is 6.92 Å². The lowest BCUT2D eigenvalue weighted by atomic mass is 10.1. The zero-order chi connectivity index (χ0) is 20.8. The number of hydrogen-bond acceptors (Lipinski definition) is 6. The molecule has 0 radical (unpaired) electrons. The predicted molar refractivity (Wildman–Crippen MR) is 114 cm³/mol. The number of rotatable bonds is 7. The van der Waals surface area contributed by atoms with Gasteiger partial charge >= 0.3 is 5.97 Å². The molecule has 1 aromatic carbocycles. The van der Waals surface area contributed by atoms with E-state index in [0.717, 1.165) is 23.5 Å². The van der Waals surface area contributed by atoms with E-state index in [1.165, 1.54) is 16.9 Å². The average molecular weight is 417 g/mol. The lowest BCUT2D eigenvalue weighted by Crippen LogP contribution is -2.43. The highest BCUT2D eigenvalue weighted by Gasteiger charge is 2.26. The summed E-state index contributed by atoms with van der Waals surface area (Å²) >= 11 is 1.40. The van der Waals surface area contributed by atoms with Gasteiger partial charge in [0.1, 0.15) is 5.00 Å². The van der Waals surface area contributed by atoms with E-state index in [9.17, 15) is 9.59 Å². The second-order valence-corrected chi connectivity index (χ2v) is 8.40. The van der Waals surface area contributed by atoms with E-state index < -0.39 is 5.97 Å². The Morgan fingerprint density at radius 3 is 2.76 bits per heavy atom. The van der Waals surface area contributed by atoms with Crippen LogP contribution in [0.2, 0.25) is 0 Å². The summed E-state index contributed by atoms with van der Waals surface area (Å²) in [4.78, 5) is 28.2. The summed E-state index contributed by atoms with van der Waals surface area (Å²) < 4.78 is 11.0. The molecule has 1 N–H and O–H groups in total. The van der Waals surface area contributed by atoms with Gasteiger partial charge in [-0.1, -0.05) is 30.3 Å². The van der Waals surface area contributed by atoms with Gasteiger partial charge in [0.15, 0.2) is 0 Å². The summed E-state index contributed by atoms with van der Waals surface area (Å²) in [6, 6.07) is 10.3. The van der Waals surface area contributed by atoms with Crippen molar-refractivity contribution in [1.82, 2.24) is 4.90 Å². The third kappa shape index (κ3) is 5.65. The second-order valence-electron chi connectivity index (χ2n) is 7.17. The zero-order valence-corrected chi connectivity index (χ0v) is 18.0. The Morgan fingerprint density at radius 1 is 1.28 bits per heavy atom. The highest BCUT2D eigenvalue weighted by atomic mass is 32.1. The van der Waals surface area contributed by atoms with Crippen molar-refractivity contribution in [1.29, 1.82) is 0 Å². The molecule has 6 nitrogen and oxygen atoms in total. The van der Waals surface area contributed by atoms with Crippen molar-refractivity contribution >= 4 is 28.2 Å². The van der Waals surface area contributed by atoms with Gasteiger partial charge in [-0.3, -0.25) is 9.69 Å².